The molecular weight excluding hydrogens is 713 g/mol. The van der Waals surface area contributed by atoms with Gasteiger partial charge in [0.1, 0.15) is 5.65 Å². The Morgan fingerprint density at radius 1 is 0.404 bits per heavy atom. The molecule has 12 rings (SSSR count). The molecule has 0 unspecified atom stereocenters. The van der Waals surface area contributed by atoms with Gasteiger partial charge in [0, 0.05) is 42.8 Å². The molecule has 11 aromatic rings. The minimum absolute atomic E-state index is 0.868. The summed E-state index contributed by atoms with van der Waals surface area (Å²) in [6.07, 6.45) is 0. The summed E-state index contributed by atoms with van der Waals surface area (Å²) in [6.45, 7) is 0. The highest BCUT2D eigenvalue weighted by atomic mass is 32.2. The summed E-state index contributed by atoms with van der Waals surface area (Å²) in [5, 5.41) is 3.83. The molecule has 0 fully saturated rings. The summed E-state index contributed by atoms with van der Waals surface area (Å²) in [5.41, 5.74) is 16.2. The first-order valence-corrected chi connectivity index (χ1v) is 20.1. The third-order valence-electron chi connectivity index (χ3n) is 11.3. The van der Waals surface area contributed by atoms with Crippen molar-refractivity contribution >= 4 is 55.6 Å². The van der Waals surface area contributed by atoms with Crippen LogP contribution in [0.3, 0.4) is 0 Å². The Morgan fingerprint density at radius 3 is 1.82 bits per heavy atom. The Morgan fingerprint density at radius 2 is 1.02 bits per heavy atom. The fourth-order valence-corrected chi connectivity index (χ4v) is 9.90. The third kappa shape index (κ3) is 4.96. The van der Waals surface area contributed by atoms with Crippen LogP contribution in [0.5, 0.6) is 0 Å². The summed E-state index contributed by atoms with van der Waals surface area (Å²) in [4.78, 5) is 13.1. The second kappa shape index (κ2) is 12.7. The van der Waals surface area contributed by atoms with Gasteiger partial charge in [-0.1, -0.05) is 157 Å². The molecule has 57 heavy (non-hydrogen) atoms. The molecule has 4 heterocycles. The van der Waals surface area contributed by atoms with Crippen molar-refractivity contribution in [3.8, 4) is 56.1 Å². The number of rotatable bonds is 5. The van der Waals surface area contributed by atoms with Crippen LogP contribution in [0.1, 0.15) is 0 Å². The zero-order valence-electron chi connectivity index (χ0n) is 30.7. The highest BCUT2D eigenvalue weighted by molar-refractivity contribution is 7.99. The molecule has 0 saturated carbocycles. The number of fused-ring (bicyclic) bond motifs is 8. The lowest BCUT2D eigenvalue weighted by Gasteiger charge is -2.22. The lowest BCUT2D eigenvalue weighted by atomic mass is 9.94. The molecule has 5 heteroatoms. The van der Waals surface area contributed by atoms with Crippen LogP contribution in [0.15, 0.2) is 204 Å². The van der Waals surface area contributed by atoms with Gasteiger partial charge in [-0.05, 0) is 70.8 Å². The zero-order valence-corrected chi connectivity index (χ0v) is 31.5. The molecule has 266 valence electrons. The van der Waals surface area contributed by atoms with Crippen molar-refractivity contribution in [1.29, 1.82) is 0 Å². The lowest BCUT2D eigenvalue weighted by molar-refractivity contribution is 1.03. The predicted octanol–water partition coefficient (Wildman–Crippen LogP) is 13.8. The van der Waals surface area contributed by atoms with Crippen molar-refractivity contribution in [2.45, 2.75) is 9.79 Å². The first-order valence-electron chi connectivity index (χ1n) is 19.3. The molecule has 0 aliphatic carbocycles. The van der Waals surface area contributed by atoms with Gasteiger partial charge in [0.2, 0.25) is 0 Å². The van der Waals surface area contributed by atoms with E-state index >= 15 is 0 Å². The highest BCUT2D eigenvalue weighted by Gasteiger charge is 2.28. The largest absolute Gasteiger partial charge is 0.295 e. The summed E-state index contributed by atoms with van der Waals surface area (Å²) >= 11 is 1.85. The quantitative estimate of drug-likeness (QED) is 0.176. The molecule has 0 radical (unpaired) electrons. The highest BCUT2D eigenvalue weighted by Crippen LogP contribution is 2.50. The fraction of sp³-hybridized carbons (Fsp3) is 0. The van der Waals surface area contributed by atoms with E-state index in [1.54, 1.807) is 0 Å². The molecule has 0 saturated heterocycles. The minimum Gasteiger partial charge on any atom is -0.295 e. The molecule has 1 aliphatic rings. The minimum atomic E-state index is 0.868. The number of hydrogen-bond donors (Lipinski definition) is 0. The Balaban J connectivity index is 1.05. The van der Waals surface area contributed by atoms with Crippen LogP contribution in [0.4, 0.5) is 0 Å². The second-order valence-electron chi connectivity index (χ2n) is 14.6. The van der Waals surface area contributed by atoms with Crippen LogP contribution in [-0.2, 0) is 0 Å². The number of hydrogen-bond acceptors (Lipinski definition) is 3. The van der Waals surface area contributed by atoms with Crippen LogP contribution >= 0.6 is 11.8 Å². The van der Waals surface area contributed by atoms with Crippen molar-refractivity contribution in [1.82, 2.24) is 19.1 Å². The molecule has 0 amide bonds. The van der Waals surface area contributed by atoms with Crippen LogP contribution in [0, 0.1) is 0 Å². The number of para-hydroxylation sites is 5. The first kappa shape index (κ1) is 32.1. The molecule has 0 spiro atoms. The molecule has 0 bridgehead atoms. The van der Waals surface area contributed by atoms with Gasteiger partial charge in [0.15, 0.2) is 0 Å². The summed E-state index contributed by atoms with van der Waals surface area (Å²) in [7, 11) is 0. The van der Waals surface area contributed by atoms with E-state index in [4.69, 9.17) is 9.97 Å². The lowest BCUT2D eigenvalue weighted by Crippen LogP contribution is -2.06. The molecule has 0 N–H and O–H groups in total. The van der Waals surface area contributed by atoms with E-state index in [1.807, 2.05) is 30.0 Å². The fourth-order valence-electron chi connectivity index (χ4n) is 8.77. The Labute approximate surface area is 333 Å². The van der Waals surface area contributed by atoms with Crippen molar-refractivity contribution in [3.63, 3.8) is 0 Å². The van der Waals surface area contributed by atoms with E-state index in [0.29, 0.717) is 0 Å². The average Bonchev–Trinajstić information content (AvgIpc) is 3.80. The Hall–Kier alpha value is -7.21. The summed E-state index contributed by atoms with van der Waals surface area (Å²) in [6, 6.07) is 69.3. The first-order chi connectivity index (χ1) is 28.3. The normalized spacial score (nSPS) is 12.1. The predicted molar refractivity (Wildman–Crippen MR) is 237 cm³/mol. The molecular formula is C52H32N4S. The maximum absolute atomic E-state index is 5.34. The summed E-state index contributed by atoms with van der Waals surface area (Å²) in [5.74, 6) is 0. The van der Waals surface area contributed by atoms with Crippen molar-refractivity contribution in [2.75, 3.05) is 0 Å². The van der Waals surface area contributed by atoms with Crippen molar-refractivity contribution in [3.05, 3.63) is 194 Å². The average molecular weight is 745 g/mol. The van der Waals surface area contributed by atoms with E-state index in [9.17, 15) is 0 Å². The van der Waals surface area contributed by atoms with E-state index in [-0.39, 0.29) is 0 Å². The van der Waals surface area contributed by atoms with Gasteiger partial charge in [0.25, 0.3) is 0 Å². The van der Waals surface area contributed by atoms with E-state index in [0.717, 1.165) is 50.4 Å². The van der Waals surface area contributed by atoms with E-state index in [2.05, 4.69) is 185 Å². The number of nitrogens with zero attached hydrogens (tertiary/aromatic N) is 4. The Kier molecular flexibility index (Phi) is 7.13. The maximum Gasteiger partial charge on any atom is 0.131 e. The zero-order chi connectivity index (χ0) is 37.5. The smallest absolute Gasteiger partial charge is 0.131 e. The van der Waals surface area contributed by atoms with Gasteiger partial charge in [0.05, 0.1) is 39.1 Å². The van der Waals surface area contributed by atoms with Crippen LogP contribution < -0.4 is 0 Å². The maximum atomic E-state index is 5.34. The molecule has 8 aromatic carbocycles. The van der Waals surface area contributed by atoms with Gasteiger partial charge in [-0.3, -0.25) is 9.13 Å². The van der Waals surface area contributed by atoms with Crippen LogP contribution in [-0.4, -0.2) is 19.1 Å². The molecule has 1 aliphatic heterocycles. The van der Waals surface area contributed by atoms with E-state index < -0.39 is 0 Å². The standard InChI is InChI=1S/C52H32N4S/c1-3-14-33(15-4-1)34-26-28-35(29-27-34)49-50(54-43-23-11-10-22-42(43)53-49)39-19-8-7-18-38(39)36-30-31-45-47(32-36)57-46-25-13-21-41-48-40-20-9-12-24-44(40)55(37-16-5-2-6-17-37)52(48)56(45)51(41)46/h1-32H. The van der Waals surface area contributed by atoms with Gasteiger partial charge in [-0.15, -0.1) is 0 Å². The van der Waals surface area contributed by atoms with Gasteiger partial charge in [-0.2, -0.15) is 0 Å². The monoisotopic (exact) mass is 744 g/mol. The Bertz CT molecular complexity index is 3360. The van der Waals surface area contributed by atoms with Gasteiger partial charge >= 0.3 is 0 Å². The van der Waals surface area contributed by atoms with Crippen molar-refractivity contribution in [2.24, 2.45) is 0 Å². The van der Waals surface area contributed by atoms with Crippen LogP contribution in [0.2, 0.25) is 0 Å². The SMILES string of the molecule is c1ccc(-c2ccc(-c3nc4ccccc4nc3-c3ccccc3-c3ccc4c(c3)Sc3cccc5c6c7ccccc7n(-c7ccccc7)c6n-4c35)cc2)cc1. The number of benzene rings is 8. The van der Waals surface area contributed by atoms with Crippen molar-refractivity contribution < 1.29 is 0 Å². The van der Waals surface area contributed by atoms with Gasteiger partial charge in [-0.25, -0.2) is 9.97 Å². The molecule has 4 nitrogen and oxygen atoms in total. The topological polar surface area (TPSA) is 35.6 Å². The van der Waals surface area contributed by atoms with Crippen LogP contribution in [0.25, 0.3) is 100 Å². The second-order valence-corrected chi connectivity index (χ2v) is 15.6. The third-order valence-corrected chi connectivity index (χ3v) is 12.4. The van der Waals surface area contributed by atoms with E-state index in [1.165, 1.54) is 59.4 Å². The summed E-state index contributed by atoms with van der Waals surface area (Å²) < 4.78 is 4.93. The molecule has 3 aromatic heterocycles. The van der Waals surface area contributed by atoms with Gasteiger partial charge < -0.3 is 0 Å². The molecule has 0 atom stereocenters. The number of aromatic nitrogens is 4.